The van der Waals surface area contributed by atoms with Gasteiger partial charge in [-0.1, -0.05) is 25.1 Å². The molecule has 1 heterocycles. The Labute approximate surface area is 211 Å². The van der Waals surface area contributed by atoms with Gasteiger partial charge in [-0.25, -0.2) is 4.79 Å². The molecule has 0 aliphatic heterocycles. The Morgan fingerprint density at radius 2 is 1.88 bits per heavy atom. The van der Waals surface area contributed by atoms with E-state index >= 15 is 0 Å². The third kappa shape index (κ3) is 8.33. The summed E-state index contributed by atoms with van der Waals surface area (Å²) in [5.74, 6) is 0.938. The van der Waals surface area contributed by atoms with E-state index in [4.69, 9.17) is 14.1 Å². The van der Waals surface area contributed by atoms with Crippen molar-refractivity contribution in [3.8, 4) is 11.5 Å². The van der Waals surface area contributed by atoms with Crippen molar-refractivity contribution >= 4 is 18.6 Å². The van der Waals surface area contributed by atoms with Crippen molar-refractivity contribution < 1.29 is 49.0 Å². The molecule has 0 aliphatic carbocycles. The van der Waals surface area contributed by atoms with Crippen molar-refractivity contribution in [1.82, 2.24) is 15.0 Å². The largest absolute Gasteiger partial charge is 1.00 e. The van der Waals surface area contributed by atoms with Crippen molar-refractivity contribution in [2.24, 2.45) is 0 Å². The summed E-state index contributed by atoms with van der Waals surface area (Å²) in [7, 11) is -3.76. The van der Waals surface area contributed by atoms with Gasteiger partial charge in [0.25, 0.3) is 0 Å². The maximum absolute atomic E-state index is 11.7. The molecule has 2 unspecified atom stereocenters. The number of aromatic nitrogens is 2. The van der Waals surface area contributed by atoms with Crippen LogP contribution >= 0.6 is 7.60 Å². The maximum atomic E-state index is 11.7. The number of hydrogen-bond donors (Lipinski definition) is 4. The molecule has 0 fully saturated rings. The molecule has 0 spiro atoms. The number of nitrogens with zero attached hydrogens (tertiary/aromatic N) is 1. The van der Waals surface area contributed by atoms with Gasteiger partial charge in [0.15, 0.2) is 12.1 Å². The van der Waals surface area contributed by atoms with Crippen LogP contribution in [0.25, 0.3) is 11.0 Å². The fourth-order valence-electron chi connectivity index (χ4n) is 3.36. The van der Waals surface area contributed by atoms with Crippen molar-refractivity contribution in [2.45, 2.75) is 32.8 Å². The fourth-order valence-corrected chi connectivity index (χ4v) is 4.15. The summed E-state index contributed by atoms with van der Waals surface area (Å²) < 4.78 is 21.8. The number of benzene rings is 2. The first-order valence-corrected chi connectivity index (χ1v) is 12.6. The number of aromatic amines is 2. The monoisotopic (exact) mass is 487 g/mol. The average Bonchev–Trinajstić information content (AvgIpc) is 3.15. The number of H-pyrrole nitrogens is 2. The summed E-state index contributed by atoms with van der Waals surface area (Å²) in [6, 6.07) is 12.3. The number of ether oxygens (including phenoxy) is 1. The molecule has 1 aromatic heterocycles. The number of aliphatic hydroxyl groups excluding tert-OH is 1. The number of para-hydroxylation sites is 1. The summed E-state index contributed by atoms with van der Waals surface area (Å²) in [5, 5.41) is 12.3. The maximum Gasteiger partial charge on any atom is 1.00 e. The van der Waals surface area contributed by atoms with Gasteiger partial charge in [0.1, 0.15) is 11.3 Å². The zero-order valence-corrected chi connectivity index (χ0v) is 20.6. The average molecular weight is 487 g/mol. The van der Waals surface area contributed by atoms with Gasteiger partial charge >= 0.3 is 32.1 Å². The van der Waals surface area contributed by atoms with Crippen LogP contribution in [0.3, 0.4) is 0 Å². The molecule has 10 nitrogen and oxygen atoms in total. The van der Waals surface area contributed by atoms with Crippen LogP contribution in [0, 0.1) is 0 Å². The Morgan fingerprint density at radius 1 is 1.15 bits per heavy atom. The standard InChI is InChI=1S/C22H30N3O7P.Li.H/c1-3-12-25(32-20-7-5-6-19-21(20)24-22(27)23-19)14-17(26)13-16-8-10-18(11-9-16)30-15-33(28,29)31-4-2;;/h5-11,17,26H,3-4,12-15H2,1-2H3,(H,28,29)(H2,23,24,27);;/q;+1;-1. The van der Waals surface area contributed by atoms with Gasteiger partial charge in [-0.3, -0.25) is 4.57 Å². The number of aliphatic hydroxyl groups is 1. The van der Waals surface area contributed by atoms with Crippen LogP contribution in [0.15, 0.2) is 47.3 Å². The minimum absolute atomic E-state index is 0. The van der Waals surface area contributed by atoms with E-state index in [0.29, 0.717) is 35.5 Å². The van der Waals surface area contributed by atoms with Crippen LogP contribution in [-0.2, 0) is 15.5 Å². The molecule has 2 aromatic carbocycles. The van der Waals surface area contributed by atoms with Crippen molar-refractivity contribution in [1.29, 1.82) is 0 Å². The van der Waals surface area contributed by atoms with Gasteiger partial charge in [0, 0.05) is 6.54 Å². The normalized spacial score (nSPS) is 13.9. The van der Waals surface area contributed by atoms with E-state index in [1.807, 2.05) is 6.92 Å². The Bertz CT molecular complexity index is 1140. The van der Waals surface area contributed by atoms with Gasteiger partial charge < -0.3 is 35.5 Å². The molecule has 4 N–H and O–H groups in total. The summed E-state index contributed by atoms with van der Waals surface area (Å²) in [6.45, 7) is 4.63. The predicted molar refractivity (Wildman–Crippen MR) is 126 cm³/mol. The van der Waals surface area contributed by atoms with Gasteiger partial charge in [-0.05, 0) is 49.6 Å². The smallest absolute Gasteiger partial charge is 1.00 e. The Hall–Kier alpha value is -2.02. The second kappa shape index (κ2) is 13.2. The minimum atomic E-state index is -3.76. The molecule has 0 saturated carbocycles. The van der Waals surface area contributed by atoms with E-state index < -0.39 is 20.0 Å². The van der Waals surface area contributed by atoms with Gasteiger partial charge in [-0.2, -0.15) is 0 Å². The van der Waals surface area contributed by atoms with E-state index in [1.54, 1.807) is 54.5 Å². The zero-order chi connectivity index (χ0) is 23.8. The molecule has 0 aliphatic rings. The van der Waals surface area contributed by atoms with E-state index in [2.05, 4.69) is 9.97 Å². The number of hydrogen-bond acceptors (Lipinski definition) is 7. The third-order valence-corrected chi connectivity index (χ3v) is 5.86. The summed E-state index contributed by atoms with van der Waals surface area (Å²) in [4.78, 5) is 32.6. The predicted octanol–water partition coefficient (Wildman–Crippen LogP) is 0.140. The first-order valence-electron chi connectivity index (χ1n) is 10.8. The number of nitrogens with one attached hydrogen (secondary N) is 2. The first-order chi connectivity index (χ1) is 15.8. The van der Waals surface area contributed by atoms with Gasteiger partial charge in [-0.15, -0.1) is 5.06 Å². The summed E-state index contributed by atoms with van der Waals surface area (Å²) in [6.07, 6.45) is 0.0653. The molecule has 3 rings (SSSR count). The topological polar surface area (TPSA) is 137 Å². The van der Waals surface area contributed by atoms with Crippen molar-refractivity contribution in [3.05, 3.63) is 58.5 Å². The zero-order valence-electron chi connectivity index (χ0n) is 20.7. The van der Waals surface area contributed by atoms with E-state index in [1.165, 1.54) is 0 Å². The van der Waals surface area contributed by atoms with Gasteiger partial charge in [0.05, 0.1) is 24.8 Å². The van der Waals surface area contributed by atoms with Crippen molar-refractivity contribution in [2.75, 3.05) is 26.0 Å². The number of imidazole rings is 1. The van der Waals surface area contributed by atoms with Crippen molar-refractivity contribution in [3.63, 3.8) is 0 Å². The number of hydroxylamine groups is 2. The molecule has 12 heteroatoms. The van der Waals surface area contributed by atoms with E-state index in [9.17, 15) is 19.4 Å². The van der Waals surface area contributed by atoms with Crippen LogP contribution in [0.2, 0.25) is 0 Å². The molecular formula is C22H31LiN3O7P. The number of fused-ring (bicyclic) bond motifs is 1. The summed E-state index contributed by atoms with van der Waals surface area (Å²) >= 11 is 0. The molecule has 2 atom stereocenters. The second-order valence-corrected chi connectivity index (χ2v) is 9.36. The molecule has 0 radical (unpaired) electrons. The Balaban J connectivity index is 0.00000306. The van der Waals surface area contributed by atoms with Crippen LogP contribution in [0.5, 0.6) is 11.5 Å². The van der Waals surface area contributed by atoms with E-state index in [0.717, 1.165) is 12.0 Å². The Morgan fingerprint density at radius 3 is 2.56 bits per heavy atom. The van der Waals surface area contributed by atoms with Gasteiger partial charge in [0.2, 0.25) is 0 Å². The third-order valence-electron chi connectivity index (χ3n) is 4.75. The molecule has 3 aromatic rings. The molecule has 182 valence electrons. The SMILES string of the molecule is CCCN(CC(O)Cc1ccc(OCP(=O)(O)OCC)cc1)Oc1cccc2[nH]c(=O)[nH]c12.[H-].[Li+]. The molecule has 0 saturated heterocycles. The molecule has 34 heavy (non-hydrogen) atoms. The Kier molecular flexibility index (Phi) is 10.9. The van der Waals surface area contributed by atoms with Crippen LogP contribution in [-0.4, -0.2) is 57.2 Å². The molecular weight excluding hydrogens is 456 g/mol. The number of rotatable bonds is 13. The van der Waals surface area contributed by atoms with Crippen LogP contribution < -0.4 is 34.1 Å². The first kappa shape index (κ1) is 28.2. The molecule has 0 bridgehead atoms. The molecule has 0 amide bonds. The second-order valence-electron chi connectivity index (χ2n) is 7.57. The van der Waals surface area contributed by atoms with Crippen LogP contribution in [0.4, 0.5) is 0 Å². The van der Waals surface area contributed by atoms with Crippen LogP contribution in [0.1, 0.15) is 27.3 Å². The quantitative estimate of drug-likeness (QED) is 0.152. The minimum Gasteiger partial charge on any atom is -1.00 e. The van der Waals surface area contributed by atoms with E-state index in [-0.39, 0.29) is 39.1 Å². The summed E-state index contributed by atoms with van der Waals surface area (Å²) in [5.41, 5.74) is 1.79. The fraction of sp³-hybridized carbons (Fsp3) is 0.409.